The minimum atomic E-state index is -0.597. The van der Waals surface area contributed by atoms with Crippen LogP contribution in [0.2, 0.25) is 0 Å². The monoisotopic (exact) mass is 443 g/mol. The second-order valence-electron chi connectivity index (χ2n) is 7.87. The molecule has 0 aliphatic carbocycles. The third-order valence-corrected chi connectivity index (χ3v) is 5.50. The Morgan fingerprint density at radius 1 is 1.16 bits per heavy atom. The molecule has 0 amide bonds. The Hall–Kier alpha value is -3.04. The van der Waals surface area contributed by atoms with E-state index in [4.69, 9.17) is 0 Å². The van der Waals surface area contributed by atoms with E-state index in [1.807, 2.05) is 14.1 Å². The third-order valence-electron chi connectivity index (χ3n) is 5.50. The fourth-order valence-electron chi connectivity index (χ4n) is 3.85. The summed E-state index contributed by atoms with van der Waals surface area (Å²) in [5.41, 5.74) is 1.53. The summed E-state index contributed by atoms with van der Waals surface area (Å²) in [5.74, 6) is -1.04. The van der Waals surface area contributed by atoms with Gasteiger partial charge >= 0.3 is 0 Å². The highest BCUT2D eigenvalue weighted by Crippen LogP contribution is 2.30. The molecule has 0 bridgehead atoms. The van der Waals surface area contributed by atoms with Gasteiger partial charge in [0.2, 0.25) is 5.95 Å². The van der Waals surface area contributed by atoms with Crippen molar-refractivity contribution < 1.29 is 13.6 Å². The lowest BCUT2D eigenvalue weighted by Crippen LogP contribution is -2.33. The molecule has 2 aromatic heterocycles. The number of carbonyl (C=O) groups excluding carboxylic acids is 1. The molecule has 1 aliphatic heterocycles. The van der Waals surface area contributed by atoms with Crippen molar-refractivity contribution >= 4 is 17.3 Å². The minimum absolute atomic E-state index is 0.0180. The third kappa shape index (κ3) is 5.23. The molecule has 0 radical (unpaired) electrons. The van der Waals surface area contributed by atoms with Gasteiger partial charge in [-0.05, 0) is 65.0 Å². The molecule has 2 N–H and O–H groups in total. The van der Waals surface area contributed by atoms with Crippen LogP contribution in [0.3, 0.4) is 0 Å². The van der Waals surface area contributed by atoms with Crippen LogP contribution in [0.1, 0.15) is 46.1 Å². The van der Waals surface area contributed by atoms with Gasteiger partial charge in [-0.3, -0.25) is 14.5 Å². The maximum Gasteiger partial charge on any atom is 0.269 e. The van der Waals surface area contributed by atoms with Crippen LogP contribution in [0.5, 0.6) is 0 Å². The number of aryl methyl sites for hydroxylation is 1. The second kappa shape index (κ2) is 10.5. The van der Waals surface area contributed by atoms with Crippen LogP contribution in [0, 0.1) is 18.7 Å². The first kappa shape index (κ1) is 23.6. The van der Waals surface area contributed by atoms with E-state index >= 15 is 0 Å². The number of fused-ring (bicyclic) bond motifs is 1. The number of carbonyl (C=O) groups is 1. The molecule has 0 spiro atoms. The number of benzene rings is 1. The standard InChI is InChI=1S/C21H20F2N4O2.C2H7N/c1-12-21(29)26-19-17(24-12)5-2-14(18(19)22)10-27-8-6-13(7-9-27)16-4-3-15(11-28)25-20(16)23;1-3-2/h2-5,11,13H,6-10H2,1H3,(H,26,29);3H,1-2H3. The summed E-state index contributed by atoms with van der Waals surface area (Å²) in [4.78, 5) is 35.0. The van der Waals surface area contributed by atoms with Crippen molar-refractivity contribution in [1.82, 2.24) is 25.2 Å². The predicted molar refractivity (Wildman–Crippen MR) is 119 cm³/mol. The maximum atomic E-state index is 14.9. The Bertz CT molecular complexity index is 1160. The van der Waals surface area contributed by atoms with Crippen LogP contribution in [0.25, 0.3) is 11.0 Å². The SMILES string of the molecule is CNC.Cc1nc2ccc(CN3CCC(c4ccc(C=O)nc4F)CC3)c(F)c2[nH]c1=O. The summed E-state index contributed by atoms with van der Waals surface area (Å²) < 4.78 is 29.0. The number of pyridine rings is 1. The number of H-pyrrole nitrogens is 1. The number of likely N-dealkylation sites (tertiary alicyclic amines) is 1. The van der Waals surface area contributed by atoms with Gasteiger partial charge in [0.15, 0.2) is 12.1 Å². The zero-order chi connectivity index (χ0) is 23.3. The van der Waals surface area contributed by atoms with Crippen molar-refractivity contribution in [2.45, 2.75) is 32.2 Å². The highest BCUT2D eigenvalue weighted by atomic mass is 19.1. The fraction of sp³-hybridized carbons (Fsp3) is 0.391. The second-order valence-corrected chi connectivity index (χ2v) is 7.87. The molecule has 1 fully saturated rings. The molecular formula is C23H27F2N5O2. The van der Waals surface area contributed by atoms with Crippen molar-refractivity contribution in [3.8, 4) is 0 Å². The molecule has 4 rings (SSSR count). The zero-order valence-electron chi connectivity index (χ0n) is 18.4. The van der Waals surface area contributed by atoms with Gasteiger partial charge < -0.3 is 10.3 Å². The lowest BCUT2D eigenvalue weighted by molar-refractivity contribution is 0.111. The number of piperidine rings is 1. The number of nitrogens with zero attached hydrogens (tertiary/aromatic N) is 3. The van der Waals surface area contributed by atoms with E-state index in [0.29, 0.717) is 61.1 Å². The van der Waals surface area contributed by atoms with Gasteiger partial charge in [-0.1, -0.05) is 12.1 Å². The van der Waals surface area contributed by atoms with Gasteiger partial charge in [-0.2, -0.15) is 4.39 Å². The van der Waals surface area contributed by atoms with E-state index in [9.17, 15) is 18.4 Å². The van der Waals surface area contributed by atoms with Gasteiger partial charge in [0.1, 0.15) is 16.9 Å². The van der Waals surface area contributed by atoms with Crippen molar-refractivity contribution in [3.63, 3.8) is 0 Å². The van der Waals surface area contributed by atoms with E-state index in [1.165, 1.54) is 6.07 Å². The summed E-state index contributed by atoms with van der Waals surface area (Å²) >= 11 is 0. The molecule has 3 aromatic rings. The van der Waals surface area contributed by atoms with Gasteiger partial charge in [0.05, 0.1) is 5.52 Å². The van der Waals surface area contributed by atoms with Crippen LogP contribution in [-0.4, -0.2) is 53.3 Å². The number of aromatic nitrogens is 3. The Morgan fingerprint density at radius 2 is 1.84 bits per heavy atom. The molecule has 0 atom stereocenters. The maximum absolute atomic E-state index is 14.9. The molecule has 9 heteroatoms. The summed E-state index contributed by atoms with van der Waals surface area (Å²) in [6.45, 7) is 3.34. The smallest absolute Gasteiger partial charge is 0.269 e. The van der Waals surface area contributed by atoms with Crippen molar-refractivity contribution in [2.24, 2.45) is 0 Å². The number of halogens is 2. The molecule has 1 aromatic carbocycles. The number of nitrogens with one attached hydrogen (secondary N) is 2. The Labute approximate surface area is 184 Å². The lowest BCUT2D eigenvalue weighted by Gasteiger charge is -2.32. The molecule has 1 aliphatic rings. The van der Waals surface area contributed by atoms with Crippen molar-refractivity contribution in [3.05, 3.63) is 68.9 Å². The first-order valence-electron chi connectivity index (χ1n) is 10.5. The van der Waals surface area contributed by atoms with Gasteiger partial charge in [-0.25, -0.2) is 14.4 Å². The molecule has 1 saturated heterocycles. The molecule has 0 unspecified atom stereocenters. The predicted octanol–water partition coefficient (Wildman–Crippen LogP) is 2.93. The van der Waals surface area contributed by atoms with Gasteiger partial charge in [-0.15, -0.1) is 0 Å². The lowest BCUT2D eigenvalue weighted by atomic mass is 9.90. The quantitative estimate of drug-likeness (QED) is 0.476. The van der Waals surface area contributed by atoms with Crippen LogP contribution in [0.4, 0.5) is 8.78 Å². The van der Waals surface area contributed by atoms with Gasteiger partial charge in [0, 0.05) is 17.7 Å². The molecule has 7 nitrogen and oxygen atoms in total. The number of aldehydes is 1. The molecule has 0 saturated carbocycles. The summed E-state index contributed by atoms with van der Waals surface area (Å²) in [6, 6.07) is 6.55. The number of rotatable bonds is 4. The van der Waals surface area contributed by atoms with E-state index < -0.39 is 17.3 Å². The Kier molecular flexibility index (Phi) is 7.76. The van der Waals surface area contributed by atoms with Crippen LogP contribution >= 0.6 is 0 Å². The first-order chi connectivity index (χ1) is 15.4. The number of hydrogen-bond donors (Lipinski definition) is 2. The zero-order valence-corrected chi connectivity index (χ0v) is 18.4. The Morgan fingerprint density at radius 3 is 2.47 bits per heavy atom. The Balaban J connectivity index is 0.000000913. The molecular weight excluding hydrogens is 416 g/mol. The molecule has 3 heterocycles. The topological polar surface area (TPSA) is 91.0 Å². The van der Waals surface area contributed by atoms with Gasteiger partial charge in [0.25, 0.3) is 5.56 Å². The molecule has 32 heavy (non-hydrogen) atoms. The van der Waals surface area contributed by atoms with Crippen LogP contribution < -0.4 is 10.9 Å². The summed E-state index contributed by atoms with van der Waals surface area (Å²) in [5, 5.41) is 2.75. The van der Waals surface area contributed by atoms with E-state index in [1.54, 1.807) is 25.1 Å². The number of aromatic amines is 1. The average Bonchev–Trinajstić information content (AvgIpc) is 2.78. The van der Waals surface area contributed by atoms with Crippen molar-refractivity contribution in [1.29, 1.82) is 0 Å². The first-order valence-corrected chi connectivity index (χ1v) is 10.5. The largest absolute Gasteiger partial charge is 0.323 e. The van der Waals surface area contributed by atoms with Crippen molar-refractivity contribution in [2.75, 3.05) is 27.2 Å². The van der Waals surface area contributed by atoms with Crippen LogP contribution in [0.15, 0.2) is 29.1 Å². The van der Waals surface area contributed by atoms with Crippen LogP contribution in [-0.2, 0) is 6.54 Å². The normalized spacial score (nSPS) is 14.8. The molecule has 170 valence electrons. The summed E-state index contributed by atoms with van der Waals surface area (Å²) in [6.07, 6.45) is 1.95. The van der Waals surface area contributed by atoms with E-state index in [0.717, 1.165) is 0 Å². The number of hydrogen-bond acceptors (Lipinski definition) is 6. The van der Waals surface area contributed by atoms with E-state index in [2.05, 4.69) is 25.2 Å². The minimum Gasteiger partial charge on any atom is -0.323 e. The highest BCUT2D eigenvalue weighted by Gasteiger charge is 2.24. The summed E-state index contributed by atoms with van der Waals surface area (Å²) in [7, 11) is 3.75. The fourth-order valence-corrected chi connectivity index (χ4v) is 3.85. The average molecular weight is 443 g/mol. The highest BCUT2D eigenvalue weighted by molar-refractivity contribution is 5.75. The van der Waals surface area contributed by atoms with E-state index in [-0.39, 0.29) is 17.1 Å².